The molecule has 3 aliphatic carbocycles. The highest BCUT2D eigenvalue weighted by Crippen LogP contribution is 2.60. The van der Waals surface area contributed by atoms with Crippen LogP contribution in [0.5, 0.6) is 0 Å². The lowest BCUT2D eigenvalue weighted by atomic mass is 9.47. The van der Waals surface area contributed by atoms with Crippen molar-refractivity contribution in [2.75, 3.05) is 32.7 Å². The molecule has 1 heterocycles. The molecule has 4 fully saturated rings. The van der Waals surface area contributed by atoms with E-state index in [4.69, 9.17) is 0 Å². The Labute approximate surface area is 170 Å². The molecule has 5 rings (SSSR count). The molecular weight excluding hydrogens is 344 g/mol. The first-order valence-electron chi connectivity index (χ1n) is 11.7. The predicted molar refractivity (Wildman–Crippen MR) is 113 cm³/mol. The second kappa shape index (κ2) is 7.16. The Kier molecular flexibility index (Phi) is 4.77. The Balaban J connectivity index is 1.32. The van der Waals surface area contributed by atoms with Gasteiger partial charge in [0.1, 0.15) is 0 Å². The molecule has 152 valence electrons. The minimum absolute atomic E-state index is 0.313. The molecular formula is C25H36N2O. The van der Waals surface area contributed by atoms with E-state index in [0.29, 0.717) is 23.2 Å². The van der Waals surface area contributed by atoms with Crippen LogP contribution in [0.1, 0.15) is 56.6 Å². The van der Waals surface area contributed by atoms with Gasteiger partial charge in [-0.2, -0.15) is 0 Å². The number of amides is 1. The van der Waals surface area contributed by atoms with Crippen molar-refractivity contribution in [3.05, 3.63) is 35.4 Å². The third kappa shape index (κ3) is 3.10. The van der Waals surface area contributed by atoms with Gasteiger partial charge in [0.15, 0.2) is 0 Å². The van der Waals surface area contributed by atoms with Crippen molar-refractivity contribution in [1.82, 2.24) is 9.80 Å². The highest BCUT2D eigenvalue weighted by atomic mass is 16.2. The molecule has 1 saturated heterocycles. The Hall–Kier alpha value is -1.35. The topological polar surface area (TPSA) is 23.6 Å². The van der Waals surface area contributed by atoms with Crippen LogP contribution in [0.4, 0.5) is 0 Å². The van der Waals surface area contributed by atoms with Gasteiger partial charge in [0.25, 0.3) is 0 Å². The molecule has 3 saturated carbocycles. The SMILES string of the molecule is CCN1CCN(C(=O)C2CC3CC4CC(c5ccc(C)cc5)(CCC42)C3)CC1. The van der Waals surface area contributed by atoms with Gasteiger partial charge in [-0.05, 0) is 80.7 Å². The molecule has 0 spiro atoms. The fraction of sp³-hybridized carbons (Fsp3) is 0.720. The molecule has 0 radical (unpaired) electrons. The predicted octanol–water partition coefficient (Wildman–Crippen LogP) is 4.24. The van der Waals surface area contributed by atoms with Gasteiger partial charge in [-0.15, -0.1) is 0 Å². The number of aryl methyl sites for hydroxylation is 1. The van der Waals surface area contributed by atoms with Crippen molar-refractivity contribution >= 4 is 5.91 Å². The zero-order valence-corrected chi connectivity index (χ0v) is 17.7. The summed E-state index contributed by atoms with van der Waals surface area (Å²) in [5.74, 6) is 2.98. The van der Waals surface area contributed by atoms with Gasteiger partial charge < -0.3 is 9.80 Å². The number of carbonyl (C=O) groups excluding carboxylic acids is 1. The lowest BCUT2D eigenvalue weighted by Crippen LogP contribution is -2.56. The fourth-order valence-corrected chi connectivity index (χ4v) is 7.27. The number of fused-ring (bicyclic) bond motifs is 2. The molecule has 1 aromatic rings. The van der Waals surface area contributed by atoms with Crippen LogP contribution in [-0.2, 0) is 10.2 Å². The van der Waals surface area contributed by atoms with Gasteiger partial charge in [0.05, 0.1) is 0 Å². The number of benzene rings is 1. The third-order valence-corrected chi connectivity index (χ3v) is 8.75. The van der Waals surface area contributed by atoms with Crippen LogP contribution in [0.3, 0.4) is 0 Å². The van der Waals surface area contributed by atoms with E-state index < -0.39 is 0 Å². The van der Waals surface area contributed by atoms with Gasteiger partial charge >= 0.3 is 0 Å². The van der Waals surface area contributed by atoms with Crippen LogP contribution in [0.25, 0.3) is 0 Å². The third-order valence-electron chi connectivity index (χ3n) is 8.75. The van der Waals surface area contributed by atoms with Crippen LogP contribution in [0.15, 0.2) is 24.3 Å². The number of hydrogen-bond acceptors (Lipinski definition) is 2. The zero-order chi connectivity index (χ0) is 19.3. The van der Waals surface area contributed by atoms with Crippen molar-refractivity contribution in [3.8, 4) is 0 Å². The lowest BCUT2D eigenvalue weighted by molar-refractivity contribution is -0.147. The van der Waals surface area contributed by atoms with E-state index in [1.54, 1.807) is 5.56 Å². The van der Waals surface area contributed by atoms with Crippen molar-refractivity contribution in [2.45, 2.75) is 57.8 Å². The highest BCUT2D eigenvalue weighted by molar-refractivity contribution is 5.79. The number of likely N-dealkylation sites (N-methyl/N-ethyl adjacent to an activating group) is 1. The normalized spacial score (nSPS) is 37.9. The summed E-state index contributed by atoms with van der Waals surface area (Å²) in [4.78, 5) is 18.1. The number of nitrogens with zero attached hydrogens (tertiary/aromatic N) is 2. The molecule has 5 atom stereocenters. The standard InChI is InChI=1S/C25H36N2O/c1-3-26-10-12-27(13-11-26)24(28)23-15-19-14-20-17-25(16-19,9-8-22(20)23)21-6-4-18(2)5-7-21/h4-7,19-20,22-23H,3,8-17H2,1-2H3. The molecule has 1 amide bonds. The quantitative estimate of drug-likeness (QED) is 0.783. The molecule has 4 aliphatic rings. The molecule has 3 bridgehead atoms. The van der Waals surface area contributed by atoms with Gasteiger partial charge in [0, 0.05) is 32.1 Å². The summed E-state index contributed by atoms with van der Waals surface area (Å²) < 4.78 is 0. The second-order valence-corrected chi connectivity index (χ2v) is 10.2. The number of hydrogen-bond donors (Lipinski definition) is 0. The largest absolute Gasteiger partial charge is 0.340 e. The van der Waals surface area contributed by atoms with Crippen LogP contribution in [0, 0.1) is 30.6 Å². The van der Waals surface area contributed by atoms with Gasteiger partial charge in [-0.25, -0.2) is 0 Å². The molecule has 1 aromatic carbocycles. The first kappa shape index (κ1) is 18.7. The van der Waals surface area contributed by atoms with Crippen LogP contribution in [-0.4, -0.2) is 48.4 Å². The summed E-state index contributed by atoms with van der Waals surface area (Å²) in [6.07, 6.45) is 7.72. The minimum Gasteiger partial charge on any atom is -0.340 e. The molecule has 1 aliphatic heterocycles. The summed E-state index contributed by atoms with van der Waals surface area (Å²) in [5, 5.41) is 0. The number of rotatable bonds is 3. The van der Waals surface area contributed by atoms with Gasteiger partial charge in [0.2, 0.25) is 5.91 Å². The Morgan fingerprint density at radius 1 is 1.07 bits per heavy atom. The highest BCUT2D eigenvalue weighted by Gasteiger charge is 2.54. The van der Waals surface area contributed by atoms with Crippen LogP contribution in [0.2, 0.25) is 0 Å². The van der Waals surface area contributed by atoms with Crippen molar-refractivity contribution in [3.63, 3.8) is 0 Å². The fourth-order valence-electron chi connectivity index (χ4n) is 7.27. The van der Waals surface area contributed by atoms with E-state index in [1.807, 2.05) is 0 Å². The molecule has 0 N–H and O–H groups in total. The van der Waals surface area contributed by atoms with Gasteiger partial charge in [-0.1, -0.05) is 36.8 Å². The maximum Gasteiger partial charge on any atom is 0.226 e. The van der Waals surface area contributed by atoms with Crippen LogP contribution < -0.4 is 0 Å². The summed E-state index contributed by atoms with van der Waals surface area (Å²) >= 11 is 0. The molecule has 3 nitrogen and oxygen atoms in total. The maximum absolute atomic E-state index is 13.5. The first-order chi connectivity index (χ1) is 13.6. The molecule has 3 heteroatoms. The minimum atomic E-state index is 0.313. The Bertz CT molecular complexity index is 717. The molecule has 28 heavy (non-hydrogen) atoms. The summed E-state index contributed by atoms with van der Waals surface area (Å²) in [6, 6.07) is 9.38. The number of piperazine rings is 1. The smallest absolute Gasteiger partial charge is 0.226 e. The van der Waals surface area contributed by atoms with E-state index in [-0.39, 0.29) is 0 Å². The van der Waals surface area contributed by atoms with Gasteiger partial charge in [-0.3, -0.25) is 4.79 Å². The number of carbonyl (C=O) groups is 1. The van der Waals surface area contributed by atoms with E-state index in [0.717, 1.165) is 51.0 Å². The van der Waals surface area contributed by atoms with E-state index in [2.05, 4.69) is 47.9 Å². The summed E-state index contributed by atoms with van der Waals surface area (Å²) in [7, 11) is 0. The summed E-state index contributed by atoms with van der Waals surface area (Å²) in [5.41, 5.74) is 3.34. The summed E-state index contributed by atoms with van der Waals surface area (Å²) in [6.45, 7) is 9.52. The Morgan fingerprint density at radius 3 is 2.54 bits per heavy atom. The Morgan fingerprint density at radius 2 is 1.82 bits per heavy atom. The first-order valence-corrected chi connectivity index (χ1v) is 11.7. The lowest BCUT2D eigenvalue weighted by Gasteiger charge is -2.57. The molecule has 0 aromatic heterocycles. The molecule has 5 unspecified atom stereocenters. The van der Waals surface area contributed by atoms with Crippen molar-refractivity contribution < 1.29 is 4.79 Å². The second-order valence-electron chi connectivity index (χ2n) is 10.2. The monoisotopic (exact) mass is 380 g/mol. The zero-order valence-electron chi connectivity index (χ0n) is 17.7. The van der Waals surface area contributed by atoms with Crippen LogP contribution >= 0.6 is 0 Å². The maximum atomic E-state index is 13.5. The van der Waals surface area contributed by atoms with E-state index in [1.165, 1.54) is 37.7 Å². The van der Waals surface area contributed by atoms with E-state index in [9.17, 15) is 4.79 Å². The van der Waals surface area contributed by atoms with Crippen molar-refractivity contribution in [1.29, 1.82) is 0 Å². The van der Waals surface area contributed by atoms with Crippen molar-refractivity contribution in [2.24, 2.45) is 23.7 Å². The average molecular weight is 381 g/mol. The average Bonchev–Trinajstić information content (AvgIpc) is 2.72. The van der Waals surface area contributed by atoms with E-state index >= 15 is 0 Å².